The van der Waals surface area contributed by atoms with Crippen molar-refractivity contribution in [1.29, 1.82) is 0 Å². The maximum atomic E-state index is 12.1. The number of urea groups is 1. The van der Waals surface area contributed by atoms with E-state index in [2.05, 4.69) is 22.1 Å². The zero-order valence-electron chi connectivity index (χ0n) is 12.4. The first-order valence-electron chi connectivity index (χ1n) is 7.03. The number of anilines is 1. The smallest absolute Gasteiger partial charge is 0.319 e. The van der Waals surface area contributed by atoms with Crippen LogP contribution >= 0.6 is 23.1 Å². The molecule has 0 aliphatic heterocycles. The molecule has 1 heterocycles. The average Bonchev–Trinajstić information content (AvgIpc) is 3.02. The lowest BCUT2D eigenvalue weighted by molar-refractivity contribution is 0.241. The molecular weight excluding hydrogens is 316 g/mol. The minimum Gasteiger partial charge on any atom is -0.396 e. The number of thiophene rings is 1. The third kappa shape index (κ3) is 5.05. The number of amides is 2. The molecule has 2 amide bonds. The standard InChI is InChI=1S/C16H20N2O2S2/c1-21-11-15(5-7-19)18-16(20)17-14-4-2-3-12(9-14)13-6-8-22-10-13/h2-4,6,8-10,15,19H,5,7,11H2,1H3,(H2,17,18,20). The molecule has 0 fully saturated rings. The maximum absolute atomic E-state index is 12.1. The predicted molar refractivity (Wildman–Crippen MR) is 95.8 cm³/mol. The van der Waals surface area contributed by atoms with Crippen LogP contribution < -0.4 is 10.6 Å². The second kappa shape index (κ2) is 8.82. The van der Waals surface area contributed by atoms with Crippen molar-refractivity contribution in [1.82, 2.24) is 5.32 Å². The number of carbonyl (C=O) groups is 1. The van der Waals surface area contributed by atoms with Gasteiger partial charge < -0.3 is 15.7 Å². The Labute approximate surface area is 138 Å². The molecule has 1 unspecified atom stereocenters. The molecule has 4 nitrogen and oxygen atoms in total. The van der Waals surface area contributed by atoms with E-state index in [9.17, 15) is 4.79 Å². The molecule has 0 saturated carbocycles. The summed E-state index contributed by atoms with van der Waals surface area (Å²) >= 11 is 3.29. The van der Waals surface area contributed by atoms with E-state index in [1.807, 2.05) is 35.9 Å². The quantitative estimate of drug-likeness (QED) is 0.723. The van der Waals surface area contributed by atoms with Gasteiger partial charge in [0.15, 0.2) is 0 Å². The first kappa shape index (κ1) is 16.9. The zero-order chi connectivity index (χ0) is 15.8. The Hall–Kier alpha value is -1.50. The number of nitrogens with one attached hydrogen (secondary N) is 2. The summed E-state index contributed by atoms with van der Waals surface area (Å²) in [4.78, 5) is 12.1. The van der Waals surface area contributed by atoms with Gasteiger partial charge in [0.1, 0.15) is 0 Å². The van der Waals surface area contributed by atoms with Crippen LogP contribution in [0.25, 0.3) is 11.1 Å². The van der Waals surface area contributed by atoms with Crippen LogP contribution in [0.1, 0.15) is 6.42 Å². The van der Waals surface area contributed by atoms with Crippen LogP contribution in [-0.4, -0.2) is 35.8 Å². The number of benzene rings is 1. The molecule has 1 aromatic carbocycles. The van der Waals surface area contributed by atoms with Gasteiger partial charge in [0.05, 0.1) is 0 Å². The number of aliphatic hydroxyl groups is 1. The lowest BCUT2D eigenvalue weighted by atomic mass is 10.1. The largest absolute Gasteiger partial charge is 0.396 e. The molecule has 2 aromatic rings. The topological polar surface area (TPSA) is 61.4 Å². The molecule has 2 rings (SSSR count). The third-order valence-electron chi connectivity index (χ3n) is 3.16. The van der Waals surface area contributed by atoms with Crippen molar-refractivity contribution in [3.05, 3.63) is 41.1 Å². The number of aliphatic hydroxyl groups excluding tert-OH is 1. The van der Waals surface area contributed by atoms with Crippen LogP contribution in [0.2, 0.25) is 0 Å². The number of carbonyl (C=O) groups excluding carboxylic acids is 1. The fourth-order valence-corrected chi connectivity index (χ4v) is 3.43. The SMILES string of the molecule is CSCC(CCO)NC(=O)Nc1cccc(-c2ccsc2)c1. The van der Waals surface area contributed by atoms with E-state index in [1.54, 1.807) is 23.1 Å². The molecule has 1 atom stereocenters. The van der Waals surface area contributed by atoms with E-state index < -0.39 is 0 Å². The first-order valence-corrected chi connectivity index (χ1v) is 9.36. The minimum absolute atomic E-state index is 0.0277. The van der Waals surface area contributed by atoms with Crippen molar-refractivity contribution in [2.45, 2.75) is 12.5 Å². The van der Waals surface area contributed by atoms with Gasteiger partial charge in [0.2, 0.25) is 0 Å². The number of rotatable bonds is 7. The van der Waals surface area contributed by atoms with Crippen molar-refractivity contribution in [3.8, 4) is 11.1 Å². The Morgan fingerprint density at radius 1 is 1.36 bits per heavy atom. The van der Waals surface area contributed by atoms with Crippen molar-refractivity contribution >= 4 is 34.8 Å². The fraction of sp³-hybridized carbons (Fsp3) is 0.312. The van der Waals surface area contributed by atoms with Gasteiger partial charge in [-0.2, -0.15) is 23.1 Å². The normalized spacial score (nSPS) is 11.9. The van der Waals surface area contributed by atoms with Gasteiger partial charge in [0, 0.05) is 24.1 Å². The summed E-state index contributed by atoms with van der Waals surface area (Å²) in [6.45, 7) is 0.0686. The number of thioether (sulfide) groups is 1. The van der Waals surface area contributed by atoms with E-state index in [1.165, 1.54) is 0 Å². The Bertz CT molecular complexity index is 582. The zero-order valence-corrected chi connectivity index (χ0v) is 14.0. The summed E-state index contributed by atoms with van der Waals surface area (Å²) in [6, 6.07) is 9.56. The summed E-state index contributed by atoms with van der Waals surface area (Å²) in [5.74, 6) is 0.781. The Morgan fingerprint density at radius 2 is 2.23 bits per heavy atom. The summed E-state index contributed by atoms with van der Waals surface area (Å²) in [5.41, 5.74) is 2.98. The van der Waals surface area contributed by atoms with Crippen LogP contribution in [0.3, 0.4) is 0 Å². The van der Waals surface area contributed by atoms with Crippen molar-refractivity contribution in [3.63, 3.8) is 0 Å². The molecule has 0 spiro atoms. The van der Waals surface area contributed by atoms with Gasteiger partial charge in [-0.15, -0.1) is 0 Å². The van der Waals surface area contributed by atoms with Gasteiger partial charge in [-0.25, -0.2) is 4.79 Å². The molecule has 3 N–H and O–H groups in total. The summed E-state index contributed by atoms with van der Waals surface area (Å²) in [5, 5.41) is 18.9. The molecular formula is C16H20N2O2S2. The summed E-state index contributed by atoms with van der Waals surface area (Å²) < 4.78 is 0. The molecule has 1 aromatic heterocycles. The highest BCUT2D eigenvalue weighted by Gasteiger charge is 2.11. The first-order chi connectivity index (χ1) is 10.7. The van der Waals surface area contributed by atoms with Crippen molar-refractivity contribution in [2.24, 2.45) is 0 Å². The van der Waals surface area contributed by atoms with Crippen molar-refractivity contribution in [2.75, 3.05) is 23.9 Å². The molecule has 118 valence electrons. The molecule has 0 bridgehead atoms. The predicted octanol–water partition coefficient (Wildman–Crippen LogP) is 3.65. The highest BCUT2D eigenvalue weighted by Crippen LogP contribution is 2.24. The average molecular weight is 336 g/mol. The summed E-state index contributed by atoms with van der Waals surface area (Å²) in [7, 11) is 0. The van der Waals surface area contributed by atoms with Crippen LogP contribution in [-0.2, 0) is 0 Å². The fourth-order valence-electron chi connectivity index (χ4n) is 2.11. The molecule has 22 heavy (non-hydrogen) atoms. The highest BCUT2D eigenvalue weighted by molar-refractivity contribution is 7.98. The van der Waals surface area contributed by atoms with Gasteiger partial charge >= 0.3 is 6.03 Å². The highest BCUT2D eigenvalue weighted by atomic mass is 32.2. The minimum atomic E-state index is -0.241. The Balaban J connectivity index is 1.98. The second-order valence-corrected chi connectivity index (χ2v) is 6.55. The monoisotopic (exact) mass is 336 g/mol. The van der Waals surface area contributed by atoms with Gasteiger partial charge in [-0.05, 0) is 52.8 Å². The molecule has 0 saturated heterocycles. The lowest BCUT2D eigenvalue weighted by Crippen LogP contribution is -2.40. The molecule has 0 radical (unpaired) electrons. The van der Waals surface area contributed by atoms with Gasteiger partial charge in [-0.1, -0.05) is 12.1 Å². The van der Waals surface area contributed by atoms with E-state index >= 15 is 0 Å². The third-order valence-corrected chi connectivity index (χ3v) is 4.57. The molecule has 0 aliphatic rings. The van der Waals surface area contributed by atoms with Crippen LogP contribution in [0.4, 0.5) is 10.5 Å². The maximum Gasteiger partial charge on any atom is 0.319 e. The van der Waals surface area contributed by atoms with Crippen LogP contribution in [0, 0.1) is 0 Å². The number of hydrogen-bond donors (Lipinski definition) is 3. The number of hydrogen-bond acceptors (Lipinski definition) is 4. The van der Waals surface area contributed by atoms with Crippen LogP contribution in [0.15, 0.2) is 41.1 Å². The van der Waals surface area contributed by atoms with E-state index in [4.69, 9.17) is 5.11 Å². The Kier molecular flexibility index (Phi) is 6.76. The Morgan fingerprint density at radius 3 is 2.91 bits per heavy atom. The lowest BCUT2D eigenvalue weighted by Gasteiger charge is -2.17. The summed E-state index contributed by atoms with van der Waals surface area (Å²) in [6.07, 6.45) is 2.54. The van der Waals surface area contributed by atoms with E-state index in [-0.39, 0.29) is 18.7 Å². The van der Waals surface area contributed by atoms with Crippen LogP contribution in [0.5, 0.6) is 0 Å². The van der Waals surface area contributed by atoms with Gasteiger partial charge in [0.25, 0.3) is 0 Å². The molecule has 0 aliphatic carbocycles. The van der Waals surface area contributed by atoms with E-state index in [0.29, 0.717) is 6.42 Å². The molecule has 6 heteroatoms. The van der Waals surface area contributed by atoms with Crippen molar-refractivity contribution < 1.29 is 9.90 Å². The van der Waals surface area contributed by atoms with Gasteiger partial charge in [-0.3, -0.25) is 0 Å². The second-order valence-electron chi connectivity index (χ2n) is 4.86. The van der Waals surface area contributed by atoms with E-state index in [0.717, 1.165) is 22.6 Å².